The first-order chi connectivity index (χ1) is 8.02. The maximum atomic E-state index is 11.3. The maximum absolute atomic E-state index is 11.3. The van der Waals surface area contributed by atoms with Gasteiger partial charge < -0.3 is 4.98 Å². The molecule has 2 N–H and O–H groups in total. The minimum absolute atomic E-state index is 0.301. The summed E-state index contributed by atoms with van der Waals surface area (Å²) in [6, 6.07) is 7.28. The molecule has 0 saturated carbocycles. The lowest BCUT2D eigenvalue weighted by Gasteiger charge is -2.09. The summed E-state index contributed by atoms with van der Waals surface area (Å²) in [5.41, 5.74) is 1.47. The van der Waals surface area contributed by atoms with E-state index in [0.29, 0.717) is 24.2 Å². The van der Waals surface area contributed by atoms with Gasteiger partial charge in [-0.3, -0.25) is 4.55 Å². The lowest BCUT2D eigenvalue weighted by atomic mass is 10.2. The van der Waals surface area contributed by atoms with Gasteiger partial charge in [-0.25, -0.2) is 4.98 Å². The zero-order valence-electron chi connectivity index (χ0n) is 9.42. The van der Waals surface area contributed by atoms with Crippen LogP contribution in [0.25, 0.3) is 11.0 Å². The summed E-state index contributed by atoms with van der Waals surface area (Å²) in [5, 5.41) is -0.972. The number of hydrogen-bond acceptors (Lipinski definition) is 3. The van der Waals surface area contributed by atoms with E-state index in [1.54, 1.807) is 6.07 Å². The first kappa shape index (κ1) is 12.1. The summed E-state index contributed by atoms with van der Waals surface area (Å²) >= 11 is 0. The van der Waals surface area contributed by atoms with Crippen molar-refractivity contribution in [1.29, 1.82) is 0 Å². The van der Waals surface area contributed by atoms with E-state index < -0.39 is 15.4 Å². The number of nitrogens with one attached hydrogen (secondary N) is 1. The van der Waals surface area contributed by atoms with Crippen LogP contribution in [0.1, 0.15) is 30.8 Å². The lowest BCUT2D eigenvalue weighted by molar-refractivity contribution is 0.460. The molecule has 0 radical (unpaired) electrons. The van der Waals surface area contributed by atoms with E-state index in [2.05, 4.69) is 9.97 Å². The van der Waals surface area contributed by atoms with E-state index in [4.69, 9.17) is 0 Å². The standard InChI is InChI=1S/C11H14N2O3S/c1-2-5-10(17(14,15)16)11-12-8-6-3-4-7-9(8)13-11/h3-4,6-7,10H,2,5H2,1H3,(H,12,13)(H,14,15,16)/t10-/m1/s1. The zero-order valence-corrected chi connectivity index (χ0v) is 10.2. The molecule has 1 aromatic carbocycles. The first-order valence-corrected chi connectivity index (χ1v) is 6.93. The number of aromatic nitrogens is 2. The van der Waals surface area contributed by atoms with Crippen molar-refractivity contribution in [3.05, 3.63) is 30.1 Å². The average molecular weight is 254 g/mol. The molecule has 5 nitrogen and oxygen atoms in total. The Morgan fingerprint density at radius 3 is 2.71 bits per heavy atom. The van der Waals surface area contributed by atoms with Gasteiger partial charge in [-0.15, -0.1) is 0 Å². The van der Waals surface area contributed by atoms with Gasteiger partial charge >= 0.3 is 0 Å². The summed E-state index contributed by atoms with van der Waals surface area (Å²) in [7, 11) is -4.12. The summed E-state index contributed by atoms with van der Waals surface area (Å²) in [6.07, 6.45) is 1.00. The predicted molar refractivity (Wildman–Crippen MR) is 65.3 cm³/mol. The van der Waals surface area contributed by atoms with Gasteiger partial charge in [0, 0.05) is 0 Å². The SMILES string of the molecule is CCC[C@H](c1nc2ccccc2[nH]1)S(=O)(=O)O. The summed E-state index contributed by atoms with van der Waals surface area (Å²) < 4.78 is 31.8. The molecule has 0 amide bonds. The molecule has 17 heavy (non-hydrogen) atoms. The molecule has 1 heterocycles. The Balaban J connectivity index is 2.49. The van der Waals surface area contributed by atoms with Gasteiger partial charge in [0.15, 0.2) is 0 Å². The fourth-order valence-electron chi connectivity index (χ4n) is 1.81. The van der Waals surface area contributed by atoms with E-state index in [9.17, 15) is 13.0 Å². The molecular formula is C11H14N2O3S. The first-order valence-electron chi connectivity index (χ1n) is 5.43. The minimum Gasteiger partial charge on any atom is -0.341 e. The lowest BCUT2D eigenvalue weighted by Crippen LogP contribution is -2.13. The van der Waals surface area contributed by atoms with Crippen LogP contribution in [0, 0.1) is 0 Å². The quantitative estimate of drug-likeness (QED) is 0.820. The second-order valence-electron chi connectivity index (χ2n) is 3.93. The molecule has 2 aromatic rings. The van der Waals surface area contributed by atoms with E-state index in [1.807, 2.05) is 25.1 Å². The van der Waals surface area contributed by atoms with Crippen molar-refractivity contribution in [2.75, 3.05) is 0 Å². The summed E-state index contributed by atoms with van der Waals surface area (Å²) in [5.74, 6) is 0.301. The second kappa shape index (κ2) is 4.46. The van der Waals surface area contributed by atoms with Gasteiger partial charge in [-0.05, 0) is 18.6 Å². The van der Waals surface area contributed by atoms with Crippen molar-refractivity contribution < 1.29 is 13.0 Å². The number of fused-ring (bicyclic) bond motifs is 1. The largest absolute Gasteiger partial charge is 0.341 e. The number of hydrogen-bond donors (Lipinski definition) is 2. The van der Waals surface area contributed by atoms with Crippen molar-refractivity contribution in [3.8, 4) is 0 Å². The van der Waals surface area contributed by atoms with Crippen LogP contribution >= 0.6 is 0 Å². The van der Waals surface area contributed by atoms with E-state index in [1.165, 1.54) is 0 Å². The van der Waals surface area contributed by atoms with E-state index >= 15 is 0 Å². The van der Waals surface area contributed by atoms with Crippen LogP contribution < -0.4 is 0 Å². The highest BCUT2D eigenvalue weighted by Crippen LogP contribution is 2.26. The molecule has 0 bridgehead atoms. The molecule has 1 aromatic heterocycles. The van der Waals surface area contributed by atoms with E-state index in [0.717, 1.165) is 5.52 Å². The number of para-hydroxylation sites is 2. The van der Waals surface area contributed by atoms with Gasteiger partial charge in [0.1, 0.15) is 11.1 Å². The Morgan fingerprint density at radius 1 is 1.41 bits per heavy atom. The van der Waals surface area contributed by atoms with Crippen LogP contribution in [-0.4, -0.2) is 22.9 Å². The Labute approximate surface area is 99.6 Å². The molecule has 6 heteroatoms. The monoisotopic (exact) mass is 254 g/mol. The smallest absolute Gasteiger partial charge is 0.275 e. The Kier molecular flexibility index (Phi) is 3.17. The summed E-state index contributed by atoms with van der Waals surface area (Å²) in [6.45, 7) is 1.86. The molecule has 0 fully saturated rings. The predicted octanol–water partition coefficient (Wildman–Crippen LogP) is 2.29. The molecule has 0 saturated heterocycles. The highest BCUT2D eigenvalue weighted by Gasteiger charge is 2.27. The van der Waals surface area contributed by atoms with Crippen LogP contribution in [0.2, 0.25) is 0 Å². The molecule has 0 aliphatic carbocycles. The third-order valence-electron chi connectivity index (χ3n) is 2.62. The Bertz CT molecular complexity index is 585. The third-order valence-corrected chi connectivity index (χ3v) is 3.80. The Hall–Kier alpha value is -1.40. The highest BCUT2D eigenvalue weighted by molar-refractivity contribution is 7.86. The van der Waals surface area contributed by atoms with Gasteiger partial charge in [0.05, 0.1) is 11.0 Å². The zero-order chi connectivity index (χ0) is 12.5. The number of aromatic amines is 1. The Morgan fingerprint density at radius 2 is 2.12 bits per heavy atom. The van der Waals surface area contributed by atoms with Gasteiger partial charge in [-0.1, -0.05) is 25.5 Å². The fraction of sp³-hybridized carbons (Fsp3) is 0.364. The van der Waals surface area contributed by atoms with Crippen LogP contribution in [0.3, 0.4) is 0 Å². The van der Waals surface area contributed by atoms with Gasteiger partial charge in [0.25, 0.3) is 10.1 Å². The maximum Gasteiger partial charge on any atom is 0.275 e. The van der Waals surface area contributed by atoms with Crippen molar-refractivity contribution in [3.63, 3.8) is 0 Å². The van der Waals surface area contributed by atoms with Crippen LogP contribution in [0.5, 0.6) is 0 Å². The number of rotatable bonds is 4. The minimum atomic E-state index is -4.12. The molecule has 0 aliphatic heterocycles. The van der Waals surface area contributed by atoms with Crippen molar-refractivity contribution >= 4 is 21.2 Å². The number of benzene rings is 1. The molecular weight excluding hydrogens is 240 g/mol. The van der Waals surface area contributed by atoms with Crippen molar-refractivity contribution in [2.45, 2.75) is 25.0 Å². The normalized spacial score (nSPS) is 14.0. The number of H-pyrrole nitrogens is 1. The van der Waals surface area contributed by atoms with Gasteiger partial charge in [0.2, 0.25) is 0 Å². The molecule has 0 aliphatic rings. The molecule has 2 rings (SSSR count). The molecule has 0 spiro atoms. The van der Waals surface area contributed by atoms with Gasteiger partial charge in [-0.2, -0.15) is 8.42 Å². The van der Waals surface area contributed by atoms with Crippen LogP contribution in [0.15, 0.2) is 24.3 Å². The average Bonchev–Trinajstić information content (AvgIpc) is 2.67. The third kappa shape index (κ3) is 2.48. The summed E-state index contributed by atoms with van der Waals surface area (Å²) in [4.78, 5) is 7.14. The topological polar surface area (TPSA) is 83.0 Å². The van der Waals surface area contributed by atoms with E-state index in [-0.39, 0.29) is 0 Å². The van der Waals surface area contributed by atoms with Crippen LogP contribution in [-0.2, 0) is 10.1 Å². The highest BCUT2D eigenvalue weighted by atomic mass is 32.2. The van der Waals surface area contributed by atoms with Crippen molar-refractivity contribution in [1.82, 2.24) is 9.97 Å². The number of imidazole rings is 1. The number of nitrogens with zero attached hydrogens (tertiary/aromatic N) is 1. The molecule has 92 valence electrons. The molecule has 1 atom stereocenters. The van der Waals surface area contributed by atoms with Crippen molar-refractivity contribution in [2.24, 2.45) is 0 Å². The van der Waals surface area contributed by atoms with Crippen LogP contribution in [0.4, 0.5) is 0 Å². The second-order valence-corrected chi connectivity index (χ2v) is 5.53. The molecule has 0 unspecified atom stereocenters. The fourth-order valence-corrected chi connectivity index (χ4v) is 2.74.